The van der Waals surface area contributed by atoms with Gasteiger partial charge in [-0.2, -0.15) is 0 Å². The molecule has 0 radical (unpaired) electrons. The summed E-state index contributed by atoms with van der Waals surface area (Å²) in [4.78, 5) is 0. The van der Waals surface area contributed by atoms with Crippen LogP contribution in [-0.2, 0) is 11.2 Å². The summed E-state index contributed by atoms with van der Waals surface area (Å²) in [5.74, 6) is 1.04. The molecule has 0 spiro atoms. The Bertz CT molecular complexity index is 769. The molecule has 1 saturated carbocycles. The van der Waals surface area contributed by atoms with E-state index in [4.69, 9.17) is 4.74 Å². The molecular weight excluding hydrogens is 378 g/mol. The Balaban J connectivity index is 1.19. The second-order valence-electron chi connectivity index (χ2n) is 9.55. The fourth-order valence-corrected chi connectivity index (χ4v) is 5.50. The van der Waals surface area contributed by atoms with Crippen LogP contribution in [0.2, 0.25) is 0 Å². The summed E-state index contributed by atoms with van der Waals surface area (Å²) in [6, 6.07) is 3.40. The topological polar surface area (TPSA) is 12.5 Å². The van der Waals surface area contributed by atoms with E-state index in [9.17, 15) is 8.78 Å². The summed E-state index contributed by atoms with van der Waals surface area (Å²) in [6.07, 6.45) is 20.0. The first-order valence-corrected chi connectivity index (χ1v) is 12.1. The van der Waals surface area contributed by atoms with Gasteiger partial charge in [-0.15, -0.1) is 0 Å². The number of ether oxygens (including phenoxy) is 1. The first kappa shape index (κ1) is 21.7. The largest absolute Gasteiger partial charge is 0.368 e. The van der Waals surface area contributed by atoms with E-state index in [0.717, 1.165) is 18.3 Å². The molecule has 30 heavy (non-hydrogen) atoms. The number of benzene rings is 1. The molecule has 3 heteroatoms. The van der Waals surface area contributed by atoms with Gasteiger partial charge in [-0.25, -0.2) is 8.78 Å². The Morgan fingerprint density at radius 3 is 2.47 bits per heavy atom. The maximum absolute atomic E-state index is 14.3. The minimum atomic E-state index is -0.725. The summed E-state index contributed by atoms with van der Waals surface area (Å²) in [7, 11) is 0. The second kappa shape index (κ2) is 10.2. The van der Waals surface area contributed by atoms with Crippen LogP contribution in [-0.4, -0.2) is 6.61 Å². The highest BCUT2D eigenvalue weighted by Crippen LogP contribution is 2.40. The number of hydrogen-bond acceptors (Lipinski definition) is 1. The molecular formula is C27H36F2O. The smallest absolute Gasteiger partial charge is 0.164 e. The predicted molar refractivity (Wildman–Crippen MR) is 118 cm³/mol. The van der Waals surface area contributed by atoms with Gasteiger partial charge in [0.15, 0.2) is 11.6 Å². The van der Waals surface area contributed by atoms with Crippen LogP contribution in [0.3, 0.4) is 0 Å². The van der Waals surface area contributed by atoms with Crippen molar-refractivity contribution in [2.75, 3.05) is 6.61 Å². The third kappa shape index (κ3) is 5.41. The lowest BCUT2D eigenvalue weighted by atomic mass is 9.71. The van der Waals surface area contributed by atoms with Gasteiger partial charge in [0.05, 0.1) is 6.61 Å². The number of rotatable bonds is 8. The highest BCUT2D eigenvalue weighted by atomic mass is 19.2. The number of hydrogen-bond donors (Lipinski definition) is 0. The van der Waals surface area contributed by atoms with E-state index in [2.05, 4.69) is 25.2 Å². The first-order chi connectivity index (χ1) is 14.7. The van der Waals surface area contributed by atoms with Crippen LogP contribution >= 0.6 is 0 Å². The Morgan fingerprint density at radius 2 is 1.80 bits per heavy atom. The van der Waals surface area contributed by atoms with Crippen molar-refractivity contribution in [3.8, 4) is 0 Å². The highest BCUT2D eigenvalue weighted by molar-refractivity contribution is 5.30. The van der Waals surface area contributed by atoms with Gasteiger partial charge in [0.2, 0.25) is 0 Å². The normalized spacial score (nSPS) is 29.2. The Hall–Kier alpha value is -1.48. The Labute approximate surface area is 180 Å². The molecule has 2 atom stereocenters. The van der Waals surface area contributed by atoms with Crippen LogP contribution in [0.5, 0.6) is 0 Å². The van der Waals surface area contributed by atoms with Crippen molar-refractivity contribution >= 4 is 0 Å². The van der Waals surface area contributed by atoms with Gasteiger partial charge in [-0.1, -0.05) is 49.3 Å². The van der Waals surface area contributed by atoms with Crippen molar-refractivity contribution in [1.82, 2.24) is 0 Å². The van der Waals surface area contributed by atoms with Crippen LogP contribution < -0.4 is 0 Å². The molecule has 164 valence electrons. The molecule has 2 aliphatic carbocycles. The molecule has 1 aliphatic heterocycles. The SMILES string of the molecule is CCCC1=CCC(C2CCC(/C=C/CCc3ccc(C4CO4)c(F)c3F)CC2)CC1. The van der Waals surface area contributed by atoms with Gasteiger partial charge in [0.1, 0.15) is 6.10 Å². The van der Waals surface area contributed by atoms with Gasteiger partial charge >= 0.3 is 0 Å². The van der Waals surface area contributed by atoms with Gasteiger partial charge < -0.3 is 4.74 Å². The van der Waals surface area contributed by atoms with Crippen LogP contribution in [0.15, 0.2) is 35.9 Å². The number of allylic oxidation sites excluding steroid dienone is 4. The molecule has 1 aromatic carbocycles. The average Bonchev–Trinajstić information content (AvgIpc) is 3.61. The van der Waals surface area contributed by atoms with Crippen LogP contribution in [0.4, 0.5) is 8.78 Å². The highest BCUT2D eigenvalue weighted by Gasteiger charge is 2.30. The van der Waals surface area contributed by atoms with E-state index >= 15 is 0 Å². The average molecular weight is 415 g/mol. The molecule has 1 nitrogen and oxygen atoms in total. The van der Waals surface area contributed by atoms with Crippen molar-refractivity contribution in [3.63, 3.8) is 0 Å². The monoisotopic (exact) mass is 414 g/mol. The van der Waals surface area contributed by atoms with Gasteiger partial charge in [0.25, 0.3) is 0 Å². The minimum absolute atomic E-state index is 0.244. The first-order valence-electron chi connectivity index (χ1n) is 12.1. The van der Waals surface area contributed by atoms with Gasteiger partial charge in [-0.3, -0.25) is 0 Å². The fourth-order valence-electron chi connectivity index (χ4n) is 5.50. The van der Waals surface area contributed by atoms with Crippen molar-refractivity contribution in [2.45, 2.75) is 83.7 Å². The Morgan fingerprint density at radius 1 is 1.00 bits per heavy atom. The zero-order valence-corrected chi connectivity index (χ0v) is 18.3. The fraction of sp³-hybridized carbons (Fsp3) is 0.630. The van der Waals surface area contributed by atoms with E-state index in [1.165, 1.54) is 57.8 Å². The molecule has 0 bridgehead atoms. The van der Waals surface area contributed by atoms with Crippen molar-refractivity contribution in [3.05, 3.63) is 58.7 Å². The van der Waals surface area contributed by atoms with Crippen LogP contribution in [0.1, 0.15) is 88.4 Å². The quantitative estimate of drug-likeness (QED) is 0.311. The van der Waals surface area contributed by atoms with E-state index in [1.54, 1.807) is 17.7 Å². The standard InChI is InChI=1S/C27H36F2O/c1-2-5-19-8-12-21(13-9-19)22-14-10-20(11-15-22)6-3-4-7-23-16-17-24(25-18-30-25)27(29)26(23)28/h3,6,8,16-17,20-22,25H,2,4-5,7,9-15,18H2,1H3/b6-3+. The second-order valence-corrected chi connectivity index (χ2v) is 9.55. The zero-order chi connectivity index (χ0) is 20.9. The van der Waals surface area contributed by atoms with E-state index in [1.807, 2.05) is 0 Å². The summed E-state index contributed by atoms with van der Waals surface area (Å²) >= 11 is 0. The maximum Gasteiger partial charge on any atom is 0.164 e. The molecule has 4 rings (SSSR count). The molecule has 2 fully saturated rings. The lowest BCUT2D eigenvalue weighted by Crippen LogP contribution is -2.22. The van der Waals surface area contributed by atoms with E-state index < -0.39 is 11.6 Å². The molecule has 0 N–H and O–H groups in total. The minimum Gasteiger partial charge on any atom is -0.368 e. The van der Waals surface area contributed by atoms with Gasteiger partial charge in [-0.05, 0) is 87.5 Å². The molecule has 1 saturated heterocycles. The molecule has 1 heterocycles. The van der Waals surface area contributed by atoms with Gasteiger partial charge in [0, 0.05) is 5.56 Å². The summed E-state index contributed by atoms with van der Waals surface area (Å²) < 4.78 is 33.5. The summed E-state index contributed by atoms with van der Waals surface area (Å²) in [5.41, 5.74) is 2.52. The third-order valence-corrected chi connectivity index (χ3v) is 7.46. The zero-order valence-electron chi connectivity index (χ0n) is 18.3. The van der Waals surface area contributed by atoms with Crippen LogP contribution in [0, 0.1) is 29.4 Å². The van der Waals surface area contributed by atoms with Crippen molar-refractivity contribution in [2.24, 2.45) is 17.8 Å². The third-order valence-electron chi connectivity index (χ3n) is 7.46. The summed E-state index contributed by atoms with van der Waals surface area (Å²) in [6.45, 7) is 2.77. The summed E-state index contributed by atoms with van der Waals surface area (Å²) in [5, 5.41) is 0. The lowest BCUT2D eigenvalue weighted by Gasteiger charge is -2.34. The maximum atomic E-state index is 14.3. The molecule has 1 aromatic rings. The molecule has 3 aliphatic rings. The molecule has 0 amide bonds. The number of halogens is 2. The molecule has 0 aromatic heterocycles. The number of epoxide rings is 1. The lowest BCUT2D eigenvalue weighted by molar-refractivity contribution is 0.209. The molecule has 2 unspecified atom stereocenters. The Kier molecular flexibility index (Phi) is 7.41. The van der Waals surface area contributed by atoms with E-state index in [0.29, 0.717) is 30.1 Å². The van der Waals surface area contributed by atoms with Crippen molar-refractivity contribution < 1.29 is 13.5 Å². The van der Waals surface area contributed by atoms with E-state index in [-0.39, 0.29) is 6.10 Å². The van der Waals surface area contributed by atoms with Crippen LogP contribution in [0.25, 0.3) is 0 Å². The predicted octanol–water partition coefficient (Wildman–Crippen LogP) is 7.86. The van der Waals surface area contributed by atoms with Crippen molar-refractivity contribution in [1.29, 1.82) is 0 Å². The number of aryl methyl sites for hydroxylation is 1.